The van der Waals surface area contributed by atoms with Crippen molar-refractivity contribution < 1.29 is 4.79 Å². The van der Waals surface area contributed by atoms with Crippen molar-refractivity contribution in [3.05, 3.63) is 35.3 Å². The number of para-hydroxylation sites is 2. The molecule has 0 bridgehead atoms. The van der Waals surface area contributed by atoms with Crippen molar-refractivity contribution in [2.75, 3.05) is 35.7 Å². The molecule has 2 N–H and O–H groups in total. The summed E-state index contributed by atoms with van der Waals surface area (Å²) >= 11 is 1.29. The van der Waals surface area contributed by atoms with Crippen molar-refractivity contribution in [2.45, 2.75) is 0 Å². The van der Waals surface area contributed by atoms with Gasteiger partial charge in [0.2, 0.25) is 0 Å². The second-order valence-electron chi connectivity index (χ2n) is 4.44. The average molecular weight is 274 g/mol. The quantitative estimate of drug-likeness (QED) is 0.861. The van der Waals surface area contributed by atoms with Crippen molar-refractivity contribution in [1.82, 2.24) is 4.98 Å². The van der Waals surface area contributed by atoms with Crippen molar-refractivity contribution in [3.63, 3.8) is 0 Å². The third-order valence-corrected chi connectivity index (χ3v) is 3.90. The van der Waals surface area contributed by atoms with Gasteiger partial charge in [-0.2, -0.15) is 0 Å². The van der Waals surface area contributed by atoms with Crippen LogP contribution in [0.4, 0.5) is 16.5 Å². The summed E-state index contributed by atoms with van der Waals surface area (Å²) < 4.78 is 0. The molecular formula is C13H14N4OS. The molecule has 0 aliphatic carbocycles. The summed E-state index contributed by atoms with van der Waals surface area (Å²) in [4.78, 5) is 20.5. The molecule has 0 spiro atoms. The molecule has 98 valence electrons. The first-order chi connectivity index (χ1) is 9.16. The van der Waals surface area contributed by atoms with Crippen molar-refractivity contribution >= 4 is 33.8 Å². The summed E-state index contributed by atoms with van der Waals surface area (Å²) in [5, 5.41) is 2.13. The fraction of sp³-hybridized carbons (Fsp3) is 0.231. The van der Waals surface area contributed by atoms with Crippen molar-refractivity contribution in [3.8, 4) is 0 Å². The van der Waals surface area contributed by atoms with Crippen molar-refractivity contribution in [1.29, 1.82) is 0 Å². The van der Waals surface area contributed by atoms with Crippen LogP contribution < -0.4 is 15.5 Å². The number of nitrogens with zero attached hydrogens (tertiary/aromatic N) is 3. The summed E-state index contributed by atoms with van der Waals surface area (Å²) in [6.07, 6.45) is 0. The zero-order valence-electron chi connectivity index (χ0n) is 10.5. The SMILES string of the molecule is CN1CCN(C(=O)c2csc(N)n2)c2ccccc21. The number of thiazole rings is 1. The van der Waals surface area contributed by atoms with E-state index < -0.39 is 0 Å². The maximum atomic E-state index is 12.5. The number of nitrogens with two attached hydrogens (primary N) is 1. The first-order valence-electron chi connectivity index (χ1n) is 6.00. The Labute approximate surface area is 115 Å². The van der Waals surface area contributed by atoms with Crippen LogP contribution in [0, 0.1) is 0 Å². The Kier molecular flexibility index (Phi) is 2.87. The van der Waals surface area contributed by atoms with E-state index in [1.165, 1.54) is 11.3 Å². The third-order valence-electron chi connectivity index (χ3n) is 3.23. The number of amides is 1. The first-order valence-corrected chi connectivity index (χ1v) is 6.88. The van der Waals surface area contributed by atoms with E-state index in [9.17, 15) is 4.79 Å². The molecule has 1 aliphatic rings. The Morgan fingerprint density at radius 3 is 2.74 bits per heavy atom. The highest BCUT2D eigenvalue weighted by atomic mass is 32.1. The molecule has 0 radical (unpaired) electrons. The summed E-state index contributed by atoms with van der Waals surface area (Å²) in [6.45, 7) is 1.46. The van der Waals surface area contributed by atoms with Crippen LogP contribution in [0.1, 0.15) is 10.5 Å². The molecule has 2 heterocycles. The van der Waals surface area contributed by atoms with Gasteiger partial charge in [0.1, 0.15) is 5.69 Å². The minimum atomic E-state index is -0.0894. The van der Waals surface area contributed by atoms with Crippen LogP contribution in [-0.2, 0) is 0 Å². The Morgan fingerprint density at radius 2 is 2.05 bits per heavy atom. The summed E-state index contributed by atoms with van der Waals surface area (Å²) in [7, 11) is 2.03. The van der Waals surface area contributed by atoms with E-state index in [0.717, 1.165) is 17.9 Å². The van der Waals surface area contributed by atoms with Crippen LogP contribution in [0.2, 0.25) is 0 Å². The number of rotatable bonds is 1. The lowest BCUT2D eigenvalue weighted by molar-refractivity contribution is 0.0982. The van der Waals surface area contributed by atoms with Gasteiger partial charge in [-0.05, 0) is 12.1 Å². The minimum Gasteiger partial charge on any atom is -0.375 e. The molecule has 0 saturated heterocycles. The van der Waals surface area contributed by atoms with Crippen LogP contribution in [0.15, 0.2) is 29.6 Å². The number of aromatic nitrogens is 1. The summed E-state index contributed by atoms with van der Waals surface area (Å²) in [5.74, 6) is -0.0894. The summed E-state index contributed by atoms with van der Waals surface area (Å²) in [5.41, 5.74) is 7.99. The van der Waals surface area contributed by atoms with E-state index in [-0.39, 0.29) is 5.91 Å². The maximum Gasteiger partial charge on any atom is 0.277 e. The summed E-state index contributed by atoms with van der Waals surface area (Å²) in [6, 6.07) is 7.89. The predicted octanol–water partition coefficient (Wildman–Crippen LogP) is 1.82. The molecule has 0 unspecified atom stereocenters. The fourth-order valence-electron chi connectivity index (χ4n) is 2.24. The fourth-order valence-corrected chi connectivity index (χ4v) is 2.78. The van der Waals surface area contributed by atoms with Crippen LogP contribution in [-0.4, -0.2) is 31.0 Å². The Morgan fingerprint density at radius 1 is 1.32 bits per heavy atom. The van der Waals surface area contributed by atoms with Crippen LogP contribution in [0.25, 0.3) is 0 Å². The van der Waals surface area contributed by atoms with E-state index in [1.807, 2.05) is 31.3 Å². The molecule has 19 heavy (non-hydrogen) atoms. The number of likely N-dealkylation sites (N-methyl/N-ethyl adjacent to an activating group) is 1. The number of hydrogen-bond acceptors (Lipinski definition) is 5. The van der Waals surface area contributed by atoms with Gasteiger partial charge >= 0.3 is 0 Å². The zero-order chi connectivity index (χ0) is 13.4. The third kappa shape index (κ3) is 2.04. The Balaban J connectivity index is 1.98. The highest BCUT2D eigenvalue weighted by Crippen LogP contribution is 2.32. The van der Waals surface area contributed by atoms with Crippen LogP contribution in [0.3, 0.4) is 0 Å². The molecule has 1 aromatic heterocycles. The number of fused-ring (bicyclic) bond motifs is 1. The highest BCUT2D eigenvalue weighted by Gasteiger charge is 2.26. The number of benzene rings is 1. The van der Waals surface area contributed by atoms with Gasteiger partial charge < -0.3 is 15.5 Å². The molecule has 3 rings (SSSR count). The van der Waals surface area contributed by atoms with E-state index >= 15 is 0 Å². The molecule has 6 heteroatoms. The van der Waals surface area contributed by atoms with Crippen LogP contribution >= 0.6 is 11.3 Å². The minimum absolute atomic E-state index is 0.0894. The number of anilines is 3. The molecular weight excluding hydrogens is 260 g/mol. The maximum absolute atomic E-state index is 12.5. The van der Waals surface area contributed by atoms with Gasteiger partial charge in [-0.25, -0.2) is 4.98 Å². The Bertz CT molecular complexity index is 625. The zero-order valence-corrected chi connectivity index (χ0v) is 11.4. The van der Waals surface area contributed by atoms with Gasteiger partial charge in [-0.3, -0.25) is 4.79 Å². The monoisotopic (exact) mass is 274 g/mol. The molecule has 1 amide bonds. The molecule has 0 saturated carbocycles. The van der Waals surface area contributed by atoms with Gasteiger partial charge in [-0.15, -0.1) is 11.3 Å². The van der Waals surface area contributed by atoms with Crippen molar-refractivity contribution in [2.24, 2.45) is 0 Å². The molecule has 0 atom stereocenters. The van der Waals surface area contributed by atoms with E-state index in [1.54, 1.807) is 10.3 Å². The first kappa shape index (κ1) is 12.0. The molecule has 5 nitrogen and oxygen atoms in total. The smallest absolute Gasteiger partial charge is 0.277 e. The molecule has 1 aliphatic heterocycles. The van der Waals surface area contributed by atoms with E-state index in [0.29, 0.717) is 17.4 Å². The average Bonchev–Trinajstić information content (AvgIpc) is 2.86. The lowest BCUT2D eigenvalue weighted by Crippen LogP contribution is -2.42. The largest absolute Gasteiger partial charge is 0.375 e. The normalized spacial score (nSPS) is 14.4. The Hall–Kier alpha value is -2.08. The number of carbonyl (C=O) groups is 1. The van der Waals surface area contributed by atoms with Crippen LogP contribution in [0.5, 0.6) is 0 Å². The molecule has 1 aromatic carbocycles. The van der Waals surface area contributed by atoms with Gasteiger partial charge in [-0.1, -0.05) is 12.1 Å². The number of nitrogen functional groups attached to an aromatic ring is 1. The van der Waals surface area contributed by atoms with Gasteiger partial charge in [0.25, 0.3) is 5.91 Å². The predicted molar refractivity (Wildman–Crippen MR) is 77.9 cm³/mol. The van der Waals surface area contributed by atoms with Gasteiger partial charge in [0, 0.05) is 25.5 Å². The molecule has 0 fully saturated rings. The second-order valence-corrected chi connectivity index (χ2v) is 5.33. The van der Waals surface area contributed by atoms with E-state index in [4.69, 9.17) is 5.73 Å². The second kappa shape index (κ2) is 4.55. The van der Waals surface area contributed by atoms with Gasteiger partial charge in [0.15, 0.2) is 5.13 Å². The number of carbonyl (C=O) groups excluding carboxylic acids is 1. The van der Waals surface area contributed by atoms with E-state index in [2.05, 4.69) is 9.88 Å². The lowest BCUT2D eigenvalue weighted by Gasteiger charge is -2.35. The highest BCUT2D eigenvalue weighted by molar-refractivity contribution is 7.13. The lowest BCUT2D eigenvalue weighted by atomic mass is 10.1. The topological polar surface area (TPSA) is 62.5 Å². The standard InChI is InChI=1S/C13H14N4OS/c1-16-6-7-17(11-5-3-2-4-10(11)16)12(18)9-8-19-13(14)15-9/h2-5,8H,6-7H2,1H3,(H2,14,15). The number of hydrogen-bond donors (Lipinski definition) is 1. The molecule has 2 aromatic rings. The van der Waals surface area contributed by atoms with Gasteiger partial charge in [0.05, 0.1) is 11.4 Å².